The van der Waals surface area contributed by atoms with E-state index in [0.717, 1.165) is 16.7 Å². The van der Waals surface area contributed by atoms with Gasteiger partial charge in [0.15, 0.2) is 11.6 Å². The number of benzene rings is 2. The lowest BCUT2D eigenvalue weighted by Crippen LogP contribution is -2.56. The molecule has 2 aliphatic heterocycles. The molecule has 10 nitrogen and oxygen atoms in total. The molecule has 0 aliphatic carbocycles. The Labute approximate surface area is 263 Å². The number of phenolic OH excluding ortho intramolecular Hbond substituents is 1. The van der Waals surface area contributed by atoms with E-state index in [4.69, 9.17) is 0 Å². The number of hydrogen-bond acceptors (Lipinski definition) is 8. The zero-order valence-electron chi connectivity index (χ0n) is 25.9. The molecular formula is C33H34F3N7O3. The molecule has 2 aliphatic rings. The first-order chi connectivity index (χ1) is 22.0. The largest absolute Gasteiger partial charge is 0.507 e. The second kappa shape index (κ2) is 11.8. The van der Waals surface area contributed by atoms with Crippen LogP contribution in [0.1, 0.15) is 57.3 Å². The lowest BCUT2D eigenvalue weighted by molar-refractivity contribution is -0.126. The van der Waals surface area contributed by atoms with Crippen molar-refractivity contribution in [2.45, 2.75) is 52.0 Å². The molecule has 6 rings (SSSR count). The van der Waals surface area contributed by atoms with Gasteiger partial charge in [0.2, 0.25) is 5.91 Å². The van der Waals surface area contributed by atoms with Crippen molar-refractivity contribution in [3.05, 3.63) is 76.5 Å². The quantitative estimate of drug-likeness (QED) is 0.287. The predicted octanol–water partition coefficient (Wildman–Crippen LogP) is 5.23. The molecule has 13 heteroatoms. The molecule has 240 valence electrons. The van der Waals surface area contributed by atoms with Crippen LogP contribution < -0.4 is 15.9 Å². The average molecular weight is 634 g/mol. The molecule has 1 atom stereocenters. The SMILES string of the molecule is C=CC(=O)N1CCN2c3nc(=O)n(-c4c(C(C)C)ncnc4C(C)C)c4c(F)c(-c5c(O)cccc5F)c(F)c(c34)NCCC2C1. The topological polar surface area (TPSA) is 116 Å². The Morgan fingerprint density at radius 2 is 1.76 bits per heavy atom. The van der Waals surface area contributed by atoms with Crippen LogP contribution in [0.3, 0.4) is 0 Å². The summed E-state index contributed by atoms with van der Waals surface area (Å²) in [6.07, 6.45) is 3.02. The Hall–Kier alpha value is -4.94. The molecule has 0 saturated carbocycles. The van der Waals surface area contributed by atoms with Crippen LogP contribution in [-0.2, 0) is 4.79 Å². The highest BCUT2D eigenvalue weighted by Crippen LogP contribution is 2.46. The molecule has 0 bridgehead atoms. The van der Waals surface area contributed by atoms with Gasteiger partial charge < -0.3 is 20.2 Å². The van der Waals surface area contributed by atoms with Gasteiger partial charge in [-0.1, -0.05) is 40.3 Å². The van der Waals surface area contributed by atoms with Crippen molar-refractivity contribution in [3.8, 4) is 22.6 Å². The molecule has 0 radical (unpaired) electrons. The third-order valence-corrected chi connectivity index (χ3v) is 8.65. The third kappa shape index (κ3) is 4.85. The molecule has 1 fully saturated rings. The minimum atomic E-state index is -1.26. The molecule has 1 saturated heterocycles. The van der Waals surface area contributed by atoms with E-state index in [-0.39, 0.29) is 78.1 Å². The molecule has 2 aromatic heterocycles. The van der Waals surface area contributed by atoms with E-state index in [1.54, 1.807) is 9.80 Å². The van der Waals surface area contributed by atoms with E-state index in [9.17, 15) is 14.7 Å². The Morgan fingerprint density at radius 1 is 1.07 bits per heavy atom. The summed E-state index contributed by atoms with van der Waals surface area (Å²) >= 11 is 0. The number of rotatable bonds is 5. The van der Waals surface area contributed by atoms with Crippen LogP contribution in [0.15, 0.2) is 42.0 Å². The molecule has 1 unspecified atom stereocenters. The van der Waals surface area contributed by atoms with Crippen LogP contribution in [0, 0.1) is 17.5 Å². The van der Waals surface area contributed by atoms with Gasteiger partial charge in [0, 0.05) is 32.2 Å². The number of amides is 1. The van der Waals surface area contributed by atoms with Crippen molar-refractivity contribution in [3.63, 3.8) is 0 Å². The van der Waals surface area contributed by atoms with Gasteiger partial charge in [-0.15, -0.1) is 0 Å². The highest BCUT2D eigenvalue weighted by atomic mass is 19.1. The van der Waals surface area contributed by atoms with Crippen LogP contribution in [-0.4, -0.2) is 67.7 Å². The summed E-state index contributed by atoms with van der Waals surface area (Å²) < 4.78 is 50.4. The highest BCUT2D eigenvalue weighted by Gasteiger charge is 2.37. The maximum atomic E-state index is 17.3. The number of nitrogens with one attached hydrogen (secondary N) is 1. The number of carbonyl (C=O) groups excluding carboxylic acids is 1. The van der Waals surface area contributed by atoms with E-state index >= 15 is 13.2 Å². The number of nitrogens with zero attached hydrogens (tertiary/aromatic N) is 6. The van der Waals surface area contributed by atoms with Gasteiger partial charge in [0.25, 0.3) is 0 Å². The number of aromatic hydroxyl groups is 1. The molecule has 0 spiro atoms. The number of aromatic nitrogens is 4. The van der Waals surface area contributed by atoms with Crippen molar-refractivity contribution in [1.29, 1.82) is 0 Å². The van der Waals surface area contributed by atoms with Crippen molar-refractivity contribution >= 4 is 28.3 Å². The summed E-state index contributed by atoms with van der Waals surface area (Å²) in [6, 6.07) is 3.01. The van der Waals surface area contributed by atoms with Gasteiger partial charge in [0.05, 0.1) is 39.3 Å². The first kappa shape index (κ1) is 31.1. The number of halogens is 3. The summed E-state index contributed by atoms with van der Waals surface area (Å²) in [5, 5.41) is 13.7. The fraction of sp³-hybridized carbons (Fsp3) is 0.364. The monoisotopic (exact) mass is 633 g/mol. The summed E-state index contributed by atoms with van der Waals surface area (Å²) in [6.45, 7) is 12.0. The molecule has 4 aromatic rings. The van der Waals surface area contributed by atoms with E-state index in [1.807, 2.05) is 27.7 Å². The smallest absolute Gasteiger partial charge is 0.354 e. The van der Waals surface area contributed by atoms with Crippen molar-refractivity contribution < 1.29 is 23.1 Å². The number of hydrogen-bond donors (Lipinski definition) is 2. The van der Waals surface area contributed by atoms with Gasteiger partial charge in [-0.3, -0.25) is 9.36 Å². The molecule has 2 N–H and O–H groups in total. The fourth-order valence-electron chi connectivity index (χ4n) is 6.51. The van der Waals surface area contributed by atoms with Crippen molar-refractivity contribution in [1.82, 2.24) is 24.4 Å². The summed E-state index contributed by atoms with van der Waals surface area (Å²) in [5.41, 5.74) is -1.85. The average Bonchev–Trinajstić information content (AvgIpc) is 3.01. The number of anilines is 2. The van der Waals surface area contributed by atoms with Crippen LogP contribution in [0.25, 0.3) is 27.7 Å². The van der Waals surface area contributed by atoms with Gasteiger partial charge >= 0.3 is 5.69 Å². The van der Waals surface area contributed by atoms with Crippen molar-refractivity contribution in [2.75, 3.05) is 36.4 Å². The van der Waals surface area contributed by atoms with Crippen molar-refractivity contribution in [2.24, 2.45) is 0 Å². The van der Waals surface area contributed by atoms with E-state index < -0.39 is 40.0 Å². The molecule has 4 heterocycles. The lowest BCUT2D eigenvalue weighted by atomic mass is 9.96. The van der Waals surface area contributed by atoms with Crippen LogP contribution in [0.4, 0.5) is 24.7 Å². The second-order valence-electron chi connectivity index (χ2n) is 12.1. The summed E-state index contributed by atoms with van der Waals surface area (Å²) in [5.74, 6) is -4.82. The Morgan fingerprint density at radius 3 is 2.39 bits per heavy atom. The van der Waals surface area contributed by atoms with E-state index in [1.165, 1.54) is 18.5 Å². The number of phenols is 1. The standard InChI is InChI=1S/C33H34F3N7O3/c1-6-21(45)41-12-13-42-18(14-41)10-11-37-29-24-30(26(36)23(25(29)35)22-19(34)8-7-9-20(22)44)43(33(46)40-32(24)42)31-27(16(2)3)38-15-39-28(31)17(4)5/h6-9,15-18,37,44H,1,10-14H2,2-5H3. The maximum absolute atomic E-state index is 17.3. The van der Waals surface area contributed by atoms with E-state index in [2.05, 4.69) is 26.8 Å². The van der Waals surface area contributed by atoms with Crippen LogP contribution >= 0.6 is 0 Å². The third-order valence-electron chi connectivity index (χ3n) is 8.65. The normalized spacial score (nSPS) is 16.3. The highest BCUT2D eigenvalue weighted by molar-refractivity contribution is 6.05. The fourth-order valence-corrected chi connectivity index (χ4v) is 6.51. The van der Waals surface area contributed by atoms with Crippen LogP contribution in [0.5, 0.6) is 5.75 Å². The van der Waals surface area contributed by atoms with Gasteiger partial charge in [-0.2, -0.15) is 4.98 Å². The first-order valence-electron chi connectivity index (χ1n) is 15.2. The Bertz CT molecular complexity index is 1910. The minimum absolute atomic E-state index is 0.0318. The number of piperazine rings is 1. The Kier molecular flexibility index (Phi) is 7.95. The summed E-state index contributed by atoms with van der Waals surface area (Å²) in [7, 11) is 0. The zero-order valence-corrected chi connectivity index (χ0v) is 25.9. The molecular weight excluding hydrogens is 599 g/mol. The Balaban J connectivity index is 1.79. The predicted molar refractivity (Wildman–Crippen MR) is 169 cm³/mol. The molecule has 46 heavy (non-hydrogen) atoms. The van der Waals surface area contributed by atoms with Gasteiger partial charge in [0.1, 0.15) is 29.2 Å². The molecule has 2 aromatic carbocycles. The molecule has 1 amide bonds. The summed E-state index contributed by atoms with van der Waals surface area (Å²) in [4.78, 5) is 43.6. The second-order valence-corrected chi connectivity index (χ2v) is 12.1. The van der Waals surface area contributed by atoms with Gasteiger partial charge in [-0.05, 0) is 36.5 Å². The minimum Gasteiger partial charge on any atom is -0.507 e. The zero-order chi connectivity index (χ0) is 33.0. The lowest BCUT2D eigenvalue weighted by Gasteiger charge is -2.43. The van der Waals surface area contributed by atoms with Crippen LogP contribution in [0.2, 0.25) is 0 Å². The van der Waals surface area contributed by atoms with Gasteiger partial charge in [-0.25, -0.2) is 27.9 Å². The number of fused-ring (bicyclic) bond motifs is 2. The maximum Gasteiger partial charge on any atom is 0.354 e. The number of carbonyl (C=O) groups is 1. The van der Waals surface area contributed by atoms with E-state index in [0.29, 0.717) is 17.8 Å². The first-order valence-corrected chi connectivity index (χ1v) is 15.2.